The molecule has 94 valence electrons. The van der Waals surface area contributed by atoms with Crippen LogP contribution in [0.15, 0.2) is 24.4 Å². The highest BCUT2D eigenvalue weighted by Gasteiger charge is 2.10. The zero-order valence-corrected chi connectivity index (χ0v) is 11.3. The Morgan fingerprint density at radius 3 is 2.89 bits per heavy atom. The summed E-state index contributed by atoms with van der Waals surface area (Å²) in [7, 11) is 0. The Bertz CT molecular complexity index is 582. The molecule has 2 rings (SSSR count). The zero-order chi connectivity index (χ0) is 13.1. The first kappa shape index (κ1) is 12.7. The molecule has 0 aliphatic carbocycles. The van der Waals surface area contributed by atoms with Crippen molar-refractivity contribution in [2.45, 2.75) is 13.3 Å². The molecule has 0 spiro atoms. The highest BCUT2D eigenvalue weighted by molar-refractivity contribution is 9.09. The predicted octanol–water partition coefficient (Wildman–Crippen LogP) is 2.42. The van der Waals surface area contributed by atoms with Crippen LogP contribution in [0.2, 0.25) is 0 Å². The van der Waals surface area contributed by atoms with Gasteiger partial charge in [0.25, 0.3) is 5.69 Å². The first-order valence-corrected chi connectivity index (χ1v) is 6.46. The van der Waals surface area contributed by atoms with Crippen LogP contribution in [-0.4, -0.2) is 25.2 Å². The van der Waals surface area contributed by atoms with Crippen molar-refractivity contribution in [2.75, 3.05) is 5.33 Å². The van der Waals surface area contributed by atoms with E-state index < -0.39 is 4.92 Å². The molecule has 0 bridgehead atoms. The second-order valence-electron chi connectivity index (χ2n) is 3.82. The number of hydrogen-bond acceptors (Lipinski definition) is 4. The maximum absolute atomic E-state index is 10.7. The van der Waals surface area contributed by atoms with E-state index >= 15 is 0 Å². The van der Waals surface area contributed by atoms with Crippen molar-refractivity contribution in [1.29, 1.82) is 0 Å². The van der Waals surface area contributed by atoms with Gasteiger partial charge in [0, 0.05) is 23.9 Å². The third-order valence-corrected chi connectivity index (χ3v) is 2.93. The first-order valence-electron chi connectivity index (χ1n) is 5.34. The molecular formula is C11H11BrN4O2. The molecule has 18 heavy (non-hydrogen) atoms. The van der Waals surface area contributed by atoms with E-state index in [0.29, 0.717) is 0 Å². The Hall–Kier alpha value is -1.76. The lowest BCUT2D eigenvalue weighted by Gasteiger charge is -2.03. The van der Waals surface area contributed by atoms with Gasteiger partial charge in [-0.05, 0) is 18.6 Å². The van der Waals surface area contributed by atoms with Gasteiger partial charge in [-0.1, -0.05) is 21.1 Å². The number of nitro groups is 1. The third kappa shape index (κ3) is 2.56. The number of alkyl halides is 1. The van der Waals surface area contributed by atoms with Crippen molar-refractivity contribution in [3.8, 4) is 5.69 Å². The van der Waals surface area contributed by atoms with E-state index in [1.54, 1.807) is 10.7 Å². The number of nitro benzene ring substituents is 1. The number of benzene rings is 1. The van der Waals surface area contributed by atoms with Crippen LogP contribution in [0.3, 0.4) is 0 Å². The van der Waals surface area contributed by atoms with Gasteiger partial charge < -0.3 is 0 Å². The molecule has 7 heteroatoms. The maximum Gasteiger partial charge on any atom is 0.269 e. The van der Waals surface area contributed by atoms with Gasteiger partial charge in [-0.25, -0.2) is 4.68 Å². The molecule has 0 N–H and O–H groups in total. The summed E-state index contributed by atoms with van der Waals surface area (Å²) in [6.07, 6.45) is 2.63. The molecule has 1 aromatic carbocycles. The van der Waals surface area contributed by atoms with Gasteiger partial charge in [0.05, 0.1) is 22.5 Å². The lowest BCUT2D eigenvalue weighted by molar-refractivity contribution is -0.384. The van der Waals surface area contributed by atoms with Gasteiger partial charge >= 0.3 is 0 Å². The summed E-state index contributed by atoms with van der Waals surface area (Å²) in [6.45, 7) is 1.81. The number of non-ortho nitro benzene ring substituents is 1. The van der Waals surface area contributed by atoms with Gasteiger partial charge in [-0.15, -0.1) is 5.10 Å². The summed E-state index contributed by atoms with van der Waals surface area (Å²) >= 11 is 3.34. The second kappa shape index (κ2) is 5.26. The molecule has 0 amide bonds. The van der Waals surface area contributed by atoms with Crippen molar-refractivity contribution in [3.05, 3.63) is 45.8 Å². The fraction of sp³-hybridized carbons (Fsp3) is 0.273. The minimum absolute atomic E-state index is 0.0806. The molecule has 0 saturated carbocycles. The number of hydrogen-bond donors (Lipinski definition) is 0. The molecule has 0 saturated heterocycles. The molecule has 0 unspecified atom stereocenters. The second-order valence-corrected chi connectivity index (χ2v) is 4.61. The molecule has 1 heterocycles. The van der Waals surface area contributed by atoms with E-state index in [0.717, 1.165) is 28.7 Å². The highest BCUT2D eigenvalue weighted by atomic mass is 79.9. The summed E-state index contributed by atoms with van der Waals surface area (Å²) in [6, 6.07) is 4.68. The van der Waals surface area contributed by atoms with Crippen LogP contribution in [0.25, 0.3) is 5.69 Å². The molecular weight excluding hydrogens is 300 g/mol. The Kier molecular flexibility index (Phi) is 3.71. The SMILES string of the molecule is Cc1cc([N+](=O)[O-])ccc1-n1cc(CCBr)nn1. The highest BCUT2D eigenvalue weighted by Crippen LogP contribution is 2.19. The van der Waals surface area contributed by atoms with Crippen molar-refractivity contribution < 1.29 is 4.92 Å². The quantitative estimate of drug-likeness (QED) is 0.494. The van der Waals surface area contributed by atoms with Gasteiger partial charge in [0.1, 0.15) is 0 Å². The molecule has 2 aromatic rings. The summed E-state index contributed by atoms with van der Waals surface area (Å²) in [4.78, 5) is 10.2. The summed E-state index contributed by atoms with van der Waals surface area (Å²) < 4.78 is 1.64. The fourth-order valence-corrected chi connectivity index (χ4v) is 2.04. The number of aryl methyl sites for hydroxylation is 2. The van der Waals surface area contributed by atoms with Crippen molar-refractivity contribution in [1.82, 2.24) is 15.0 Å². The molecule has 0 radical (unpaired) electrons. The normalized spacial score (nSPS) is 10.6. The van der Waals surface area contributed by atoms with Crippen LogP contribution in [-0.2, 0) is 6.42 Å². The summed E-state index contributed by atoms with van der Waals surface area (Å²) in [5, 5.41) is 19.5. The van der Waals surface area contributed by atoms with Crippen LogP contribution in [0.1, 0.15) is 11.3 Å². The van der Waals surface area contributed by atoms with Crippen LogP contribution in [0, 0.1) is 17.0 Å². The van der Waals surface area contributed by atoms with Crippen molar-refractivity contribution in [3.63, 3.8) is 0 Å². The minimum atomic E-state index is -0.408. The van der Waals surface area contributed by atoms with Gasteiger partial charge in [0.15, 0.2) is 0 Å². The van der Waals surface area contributed by atoms with Crippen molar-refractivity contribution in [2.24, 2.45) is 0 Å². The van der Waals surface area contributed by atoms with Crippen LogP contribution in [0.5, 0.6) is 0 Å². The van der Waals surface area contributed by atoms with E-state index in [1.807, 2.05) is 13.1 Å². The number of nitrogens with zero attached hydrogens (tertiary/aromatic N) is 4. The topological polar surface area (TPSA) is 73.8 Å². The smallest absolute Gasteiger partial charge is 0.258 e. The Balaban J connectivity index is 2.35. The Morgan fingerprint density at radius 2 is 2.28 bits per heavy atom. The molecule has 0 aliphatic heterocycles. The monoisotopic (exact) mass is 310 g/mol. The molecule has 0 fully saturated rings. The van der Waals surface area contributed by atoms with E-state index in [9.17, 15) is 10.1 Å². The first-order chi connectivity index (χ1) is 8.61. The average Bonchev–Trinajstić information content (AvgIpc) is 2.77. The van der Waals surface area contributed by atoms with E-state index in [4.69, 9.17) is 0 Å². The zero-order valence-electron chi connectivity index (χ0n) is 9.71. The van der Waals surface area contributed by atoms with Crippen LogP contribution in [0.4, 0.5) is 5.69 Å². The van der Waals surface area contributed by atoms with Gasteiger partial charge in [-0.2, -0.15) is 0 Å². The molecule has 0 aliphatic rings. The molecule has 0 atom stereocenters. The summed E-state index contributed by atoms with van der Waals surface area (Å²) in [5.74, 6) is 0. The number of halogens is 1. The van der Waals surface area contributed by atoms with E-state index in [1.165, 1.54) is 12.1 Å². The van der Waals surface area contributed by atoms with Crippen LogP contribution >= 0.6 is 15.9 Å². The van der Waals surface area contributed by atoms with Gasteiger partial charge in [-0.3, -0.25) is 10.1 Å². The lowest BCUT2D eigenvalue weighted by Crippen LogP contribution is -1.99. The largest absolute Gasteiger partial charge is 0.269 e. The van der Waals surface area contributed by atoms with Crippen molar-refractivity contribution >= 4 is 21.6 Å². The predicted molar refractivity (Wildman–Crippen MR) is 70.2 cm³/mol. The Labute approximate surface area is 112 Å². The maximum atomic E-state index is 10.7. The number of rotatable bonds is 4. The minimum Gasteiger partial charge on any atom is -0.258 e. The average molecular weight is 311 g/mol. The summed E-state index contributed by atoms with van der Waals surface area (Å²) in [5.41, 5.74) is 2.55. The van der Waals surface area contributed by atoms with Crippen LogP contribution < -0.4 is 0 Å². The fourth-order valence-electron chi connectivity index (χ4n) is 1.64. The van der Waals surface area contributed by atoms with E-state index in [-0.39, 0.29) is 5.69 Å². The Morgan fingerprint density at radius 1 is 1.50 bits per heavy atom. The lowest BCUT2D eigenvalue weighted by atomic mass is 10.2. The van der Waals surface area contributed by atoms with Gasteiger partial charge in [0.2, 0.25) is 0 Å². The molecule has 1 aromatic heterocycles. The number of aromatic nitrogens is 3. The van der Waals surface area contributed by atoms with E-state index in [2.05, 4.69) is 26.2 Å². The third-order valence-electron chi connectivity index (χ3n) is 2.53. The molecule has 6 nitrogen and oxygen atoms in total. The standard InChI is InChI=1S/C11H11BrN4O2/c1-8-6-10(16(17)18)2-3-11(8)15-7-9(4-5-12)13-14-15/h2-3,6-7H,4-5H2,1H3.